The first-order valence-corrected chi connectivity index (χ1v) is 6.87. The first kappa shape index (κ1) is 12.5. The number of ether oxygens (including phenoxy) is 1. The lowest BCUT2D eigenvalue weighted by Gasteiger charge is -2.35. The topological polar surface area (TPSA) is 58.6 Å². The lowest BCUT2D eigenvalue weighted by atomic mass is 9.71. The standard InChI is InChI=1S/C15H19NO3/c17-14(18)15(5-7-16-8-6-15)9-11-10-19-13-4-2-1-3-12(11)13/h1-4,11,16H,5-10H2,(H,17,18). The Morgan fingerprint density at radius 1 is 1.37 bits per heavy atom. The molecular formula is C15H19NO3. The molecule has 1 aromatic rings. The molecule has 4 nitrogen and oxygen atoms in total. The van der Waals surface area contributed by atoms with Crippen molar-refractivity contribution in [3.8, 4) is 5.75 Å². The number of nitrogens with one attached hydrogen (secondary N) is 1. The molecule has 0 aliphatic carbocycles. The molecule has 1 atom stereocenters. The first-order valence-electron chi connectivity index (χ1n) is 6.87. The molecule has 0 saturated carbocycles. The van der Waals surface area contributed by atoms with Crippen molar-refractivity contribution in [2.24, 2.45) is 5.41 Å². The molecule has 1 fully saturated rings. The Kier molecular flexibility index (Phi) is 3.19. The van der Waals surface area contributed by atoms with Crippen LogP contribution in [0.5, 0.6) is 5.75 Å². The molecule has 102 valence electrons. The lowest BCUT2D eigenvalue weighted by Crippen LogP contribution is -2.43. The summed E-state index contributed by atoms with van der Waals surface area (Å²) in [5.41, 5.74) is 0.582. The number of carboxylic acid groups (broad SMARTS) is 1. The molecule has 0 spiro atoms. The Morgan fingerprint density at radius 3 is 2.84 bits per heavy atom. The van der Waals surface area contributed by atoms with Crippen molar-refractivity contribution >= 4 is 5.97 Å². The van der Waals surface area contributed by atoms with Crippen LogP contribution in [0.1, 0.15) is 30.7 Å². The molecule has 19 heavy (non-hydrogen) atoms. The fourth-order valence-electron chi connectivity index (χ4n) is 3.28. The largest absolute Gasteiger partial charge is 0.493 e. The number of aliphatic carboxylic acids is 1. The van der Waals surface area contributed by atoms with Gasteiger partial charge in [-0.25, -0.2) is 0 Å². The van der Waals surface area contributed by atoms with E-state index in [1.807, 2.05) is 18.2 Å². The van der Waals surface area contributed by atoms with Crippen molar-refractivity contribution in [1.82, 2.24) is 5.32 Å². The zero-order valence-corrected chi connectivity index (χ0v) is 10.9. The molecule has 2 aliphatic heterocycles. The van der Waals surface area contributed by atoms with Gasteiger partial charge in [-0.1, -0.05) is 18.2 Å². The van der Waals surface area contributed by atoms with Crippen LogP contribution in [-0.4, -0.2) is 30.8 Å². The molecule has 2 heterocycles. The smallest absolute Gasteiger partial charge is 0.309 e. The molecule has 2 N–H and O–H groups in total. The van der Waals surface area contributed by atoms with Crippen molar-refractivity contribution in [3.05, 3.63) is 29.8 Å². The number of piperidine rings is 1. The third-order valence-corrected chi connectivity index (χ3v) is 4.45. The van der Waals surface area contributed by atoms with Crippen molar-refractivity contribution in [1.29, 1.82) is 0 Å². The highest BCUT2D eigenvalue weighted by atomic mass is 16.5. The maximum absolute atomic E-state index is 11.7. The predicted molar refractivity (Wildman–Crippen MR) is 71.5 cm³/mol. The second-order valence-electron chi connectivity index (χ2n) is 5.59. The van der Waals surface area contributed by atoms with Crippen molar-refractivity contribution < 1.29 is 14.6 Å². The van der Waals surface area contributed by atoms with Crippen LogP contribution in [0.3, 0.4) is 0 Å². The summed E-state index contributed by atoms with van der Waals surface area (Å²) >= 11 is 0. The minimum atomic E-state index is -0.654. The van der Waals surface area contributed by atoms with Gasteiger partial charge in [-0.2, -0.15) is 0 Å². The summed E-state index contributed by atoms with van der Waals surface area (Å²) in [7, 11) is 0. The highest BCUT2D eigenvalue weighted by Gasteiger charge is 2.43. The maximum atomic E-state index is 11.7. The minimum absolute atomic E-state index is 0.213. The van der Waals surface area contributed by atoms with Gasteiger partial charge in [-0.05, 0) is 38.4 Å². The lowest BCUT2D eigenvalue weighted by molar-refractivity contribution is -0.151. The molecule has 0 amide bonds. The summed E-state index contributed by atoms with van der Waals surface area (Å²) in [4.78, 5) is 11.7. The van der Waals surface area contributed by atoms with Gasteiger partial charge >= 0.3 is 5.97 Å². The van der Waals surface area contributed by atoms with E-state index in [1.165, 1.54) is 5.56 Å². The number of rotatable bonds is 3. The van der Waals surface area contributed by atoms with E-state index in [4.69, 9.17) is 4.74 Å². The quantitative estimate of drug-likeness (QED) is 0.874. The van der Waals surface area contributed by atoms with Gasteiger partial charge in [-0.3, -0.25) is 4.79 Å². The molecule has 1 saturated heterocycles. The Morgan fingerprint density at radius 2 is 2.11 bits per heavy atom. The van der Waals surface area contributed by atoms with Crippen LogP contribution in [0.25, 0.3) is 0 Å². The summed E-state index contributed by atoms with van der Waals surface area (Å²) in [6.45, 7) is 2.20. The Bertz CT molecular complexity index is 480. The summed E-state index contributed by atoms with van der Waals surface area (Å²) in [6, 6.07) is 7.98. The van der Waals surface area contributed by atoms with Crippen LogP contribution in [0, 0.1) is 5.41 Å². The number of benzene rings is 1. The van der Waals surface area contributed by atoms with Crippen molar-refractivity contribution in [2.45, 2.75) is 25.2 Å². The van der Waals surface area contributed by atoms with Crippen LogP contribution in [0.4, 0.5) is 0 Å². The summed E-state index contributed by atoms with van der Waals surface area (Å²) < 4.78 is 5.67. The third kappa shape index (κ3) is 2.21. The Balaban J connectivity index is 1.82. The van der Waals surface area contributed by atoms with E-state index in [0.717, 1.165) is 18.8 Å². The molecule has 0 bridgehead atoms. The van der Waals surface area contributed by atoms with E-state index in [2.05, 4.69) is 11.4 Å². The fourth-order valence-corrected chi connectivity index (χ4v) is 3.28. The maximum Gasteiger partial charge on any atom is 0.309 e. The van der Waals surface area contributed by atoms with Crippen LogP contribution in [0.15, 0.2) is 24.3 Å². The van der Waals surface area contributed by atoms with E-state index in [1.54, 1.807) is 0 Å². The number of hydrogen-bond donors (Lipinski definition) is 2. The van der Waals surface area contributed by atoms with Crippen LogP contribution >= 0.6 is 0 Å². The number of carboxylic acids is 1. The average molecular weight is 261 g/mol. The van der Waals surface area contributed by atoms with Crippen molar-refractivity contribution in [2.75, 3.05) is 19.7 Å². The normalized spacial score (nSPS) is 24.5. The Labute approximate surface area is 112 Å². The summed E-state index contributed by atoms with van der Waals surface area (Å²) in [5.74, 6) is 0.478. The average Bonchev–Trinajstić information content (AvgIpc) is 2.83. The van der Waals surface area contributed by atoms with Gasteiger partial charge in [0.1, 0.15) is 5.75 Å². The van der Waals surface area contributed by atoms with E-state index in [9.17, 15) is 9.90 Å². The summed E-state index contributed by atoms with van der Waals surface area (Å²) in [6.07, 6.45) is 2.10. The molecular weight excluding hydrogens is 242 g/mol. The first-order chi connectivity index (χ1) is 9.21. The van der Waals surface area contributed by atoms with Crippen LogP contribution in [0.2, 0.25) is 0 Å². The van der Waals surface area contributed by atoms with Crippen molar-refractivity contribution in [3.63, 3.8) is 0 Å². The van der Waals surface area contributed by atoms with Crippen LogP contribution in [-0.2, 0) is 4.79 Å². The van der Waals surface area contributed by atoms with Gasteiger partial charge in [0.15, 0.2) is 0 Å². The second-order valence-corrected chi connectivity index (χ2v) is 5.59. The van der Waals surface area contributed by atoms with Gasteiger partial charge < -0.3 is 15.2 Å². The molecule has 0 radical (unpaired) electrons. The van der Waals surface area contributed by atoms with Gasteiger partial charge in [0.05, 0.1) is 12.0 Å². The molecule has 1 aromatic carbocycles. The van der Waals surface area contributed by atoms with Gasteiger partial charge in [0.25, 0.3) is 0 Å². The zero-order chi connectivity index (χ0) is 13.3. The Hall–Kier alpha value is -1.55. The number of para-hydroxylation sites is 1. The highest BCUT2D eigenvalue weighted by molar-refractivity contribution is 5.75. The number of fused-ring (bicyclic) bond motifs is 1. The van der Waals surface area contributed by atoms with E-state index >= 15 is 0 Å². The monoisotopic (exact) mass is 261 g/mol. The molecule has 3 rings (SSSR count). The van der Waals surface area contributed by atoms with E-state index in [0.29, 0.717) is 25.9 Å². The molecule has 2 aliphatic rings. The SMILES string of the molecule is O=C(O)C1(CC2COc3ccccc32)CCNCC1. The second kappa shape index (κ2) is 4.85. The number of hydrogen-bond acceptors (Lipinski definition) is 3. The molecule has 1 unspecified atom stereocenters. The van der Waals surface area contributed by atoms with Gasteiger partial charge in [0, 0.05) is 11.5 Å². The number of carbonyl (C=O) groups is 1. The van der Waals surface area contributed by atoms with E-state index < -0.39 is 11.4 Å². The third-order valence-electron chi connectivity index (χ3n) is 4.45. The predicted octanol–water partition coefficient (Wildman–Crippen LogP) is 2.01. The van der Waals surface area contributed by atoms with Gasteiger partial charge in [0.2, 0.25) is 0 Å². The van der Waals surface area contributed by atoms with Crippen LogP contribution < -0.4 is 10.1 Å². The fraction of sp³-hybridized carbons (Fsp3) is 0.533. The van der Waals surface area contributed by atoms with E-state index in [-0.39, 0.29) is 5.92 Å². The molecule has 4 heteroatoms. The zero-order valence-electron chi connectivity index (χ0n) is 10.9. The summed E-state index contributed by atoms with van der Waals surface area (Å²) in [5, 5.41) is 12.9. The minimum Gasteiger partial charge on any atom is -0.493 e. The molecule has 0 aromatic heterocycles. The van der Waals surface area contributed by atoms with Gasteiger partial charge in [-0.15, -0.1) is 0 Å². The highest BCUT2D eigenvalue weighted by Crippen LogP contribution is 2.44.